The van der Waals surface area contributed by atoms with Gasteiger partial charge in [0.05, 0.1) is 6.10 Å². The molecule has 20 heavy (non-hydrogen) atoms. The van der Waals surface area contributed by atoms with Crippen LogP contribution in [0, 0.1) is 0 Å². The molecule has 0 amide bonds. The summed E-state index contributed by atoms with van der Waals surface area (Å²) < 4.78 is 4.95. The van der Waals surface area contributed by atoms with Gasteiger partial charge in [0.2, 0.25) is 0 Å². The lowest BCUT2D eigenvalue weighted by atomic mass is 10.1. The van der Waals surface area contributed by atoms with E-state index in [0.717, 1.165) is 18.5 Å². The molecule has 0 heterocycles. The molecule has 4 nitrogen and oxygen atoms in total. The molecule has 0 spiro atoms. The molecule has 2 N–H and O–H groups in total. The number of carbonyl (C=O) groups is 1. The second-order valence-electron chi connectivity index (χ2n) is 4.94. The molecule has 1 aromatic rings. The Morgan fingerprint density at radius 3 is 2.55 bits per heavy atom. The minimum atomic E-state index is -0.535. The van der Waals surface area contributed by atoms with Crippen molar-refractivity contribution in [2.45, 2.75) is 45.6 Å². The van der Waals surface area contributed by atoms with Crippen LogP contribution in [0.4, 0.5) is 0 Å². The van der Waals surface area contributed by atoms with Crippen molar-refractivity contribution in [2.75, 3.05) is 13.1 Å². The Bertz CT molecular complexity index is 389. The third-order valence-corrected chi connectivity index (χ3v) is 3.07. The standard InChI is InChI=1S/C16H25NO3/c1-3-4-5-6-11-17-12-16(19)14-7-9-15(10-8-14)20-13(2)18/h7-10,16-17,19H,3-6,11-12H2,1-2H3. The fourth-order valence-corrected chi connectivity index (χ4v) is 1.96. The van der Waals surface area contributed by atoms with Gasteiger partial charge in [-0.2, -0.15) is 0 Å². The summed E-state index contributed by atoms with van der Waals surface area (Å²) >= 11 is 0. The summed E-state index contributed by atoms with van der Waals surface area (Å²) in [7, 11) is 0. The van der Waals surface area contributed by atoms with Gasteiger partial charge in [0.15, 0.2) is 0 Å². The first-order valence-electron chi connectivity index (χ1n) is 7.30. The molecule has 0 bridgehead atoms. The maximum absolute atomic E-state index is 10.8. The van der Waals surface area contributed by atoms with Gasteiger partial charge in [0.25, 0.3) is 0 Å². The Balaban J connectivity index is 2.28. The molecule has 1 atom stereocenters. The van der Waals surface area contributed by atoms with Crippen molar-refractivity contribution in [2.24, 2.45) is 0 Å². The van der Waals surface area contributed by atoms with Crippen LogP contribution in [0.25, 0.3) is 0 Å². The molecular formula is C16H25NO3. The second kappa shape index (κ2) is 9.50. The predicted molar refractivity (Wildman–Crippen MR) is 79.7 cm³/mol. The second-order valence-corrected chi connectivity index (χ2v) is 4.94. The highest BCUT2D eigenvalue weighted by molar-refractivity contribution is 5.69. The molecule has 0 aliphatic rings. The first kappa shape index (κ1) is 16.7. The van der Waals surface area contributed by atoms with E-state index in [2.05, 4.69) is 12.2 Å². The quantitative estimate of drug-likeness (QED) is 0.414. The number of benzene rings is 1. The highest BCUT2D eigenvalue weighted by Gasteiger charge is 2.07. The monoisotopic (exact) mass is 279 g/mol. The van der Waals surface area contributed by atoms with E-state index in [0.29, 0.717) is 12.3 Å². The average Bonchev–Trinajstić information content (AvgIpc) is 2.42. The van der Waals surface area contributed by atoms with Crippen molar-refractivity contribution in [1.82, 2.24) is 5.32 Å². The summed E-state index contributed by atoms with van der Waals surface area (Å²) in [4.78, 5) is 10.8. The minimum Gasteiger partial charge on any atom is -0.427 e. The van der Waals surface area contributed by atoms with Gasteiger partial charge >= 0.3 is 5.97 Å². The zero-order chi connectivity index (χ0) is 14.8. The van der Waals surface area contributed by atoms with Crippen LogP contribution >= 0.6 is 0 Å². The van der Waals surface area contributed by atoms with Gasteiger partial charge in [0.1, 0.15) is 5.75 Å². The Morgan fingerprint density at radius 2 is 1.95 bits per heavy atom. The van der Waals surface area contributed by atoms with Crippen LogP contribution in [0.3, 0.4) is 0 Å². The SMILES string of the molecule is CCCCCCNCC(O)c1ccc(OC(C)=O)cc1. The average molecular weight is 279 g/mol. The van der Waals surface area contributed by atoms with Gasteiger partial charge in [-0.05, 0) is 30.7 Å². The first-order chi connectivity index (χ1) is 9.63. The number of hydrogen-bond donors (Lipinski definition) is 2. The van der Waals surface area contributed by atoms with E-state index in [-0.39, 0.29) is 5.97 Å². The molecule has 0 fully saturated rings. The summed E-state index contributed by atoms with van der Waals surface area (Å²) in [5.74, 6) is 0.160. The Kier molecular flexibility index (Phi) is 7.92. The molecule has 0 saturated carbocycles. The number of hydrogen-bond acceptors (Lipinski definition) is 4. The van der Waals surface area contributed by atoms with Crippen LogP contribution in [-0.4, -0.2) is 24.2 Å². The van der Waals surface area contributed by atoms with Gasteiger partial charge < -0.3 is 15.2 Å². The van der Waals surface area contributed by atoms with Crippen LogP contribution in [0.5, 0.6) is 5.75 Å². The number of ether oxygens (including phenoxy) is 1. The van der Waals surface area contributed by atoms with Crippen molar-refractivity contribution >= 4 is 5.97 Å². The lowest BCUT2D eigenvalue weighted by Gasteiger charge is -2.12. The normalized spacial score (nSPS) is 12.2. The third-order valence-electron chi connectivity index (χ3n) is 3.07. The van der Waals surface area contributed by atoms with Crippen LogP contribution in [0.2, 0.25) is 0 Å². The zero-order valence-electron chi connectivity index (χ0n) is 12.4. The maximum atomic E-state index is 10.8. The Hall–Kier alpha value is -1.39. The van der Waals surface area contributed by atoms with Crippen molar-refractivity contribution in [3.63, 3.8) is 0 Å². The largest absolute Gasteiger partial charge is 0.427 e. The summed E-state index contributed by atoms with van der Waals surface area (Å²) in [6.07, 6.45) is 4.34. The maximum Gasteiger partial charge on any atom is 0.308 e. The van der Waals surface area contributed by atoms with Crippen LogP contribution in [0.1, 0.15) is 51.2 Å². The van der Waals surface area contributed by atoms with Crippen molar-refractivity contribution in [3.8, 4) is 5.75 Å². The van der Waals surface area contributed by atoms with Gasteiger partial charge in [0, 0.05) is 13.5 Å². The summed E-state index contributed by atoms with van der Waals surface area (Å²) in [6, 6.07) is 6.95. The van der Waals surface area contributed by atoms with Crippen LogP contribution in [0.15, 0.2) is 24.3 Å². The molecule has 112 valence electrons. The van der Waals surface area contributed by atoms with Crippen molar-refractivity contribution in [3.05, 3.63) is 29.8 Å². The fraction of sp³-hybridized carbons (Fsp3) is 0.562. The molecule has 0 aromatic heterocycles. The van der Waals surface area contributed by atoms with Gasteiger partial charge in [-0.25, -0.2) is 0 Å². The van der Waals surface area contributed by atoms with Gasteiger partial charge in [-0.15, -0.1) is 0 Å². The number of nitrogens with one attached hydrogen (secondary N) is 1. The summed E-state index contributed by atoms with van der Waals surface area (Å²) in [6.45, 7) is 5.03. The summed E-state index contributed by atoms with van der Waals surface area (Å²) in [5.41, 5.74) is 0.821. The van der Waals surface area contributed by atoms with E-state index in [1.54, 1.807) is 24.3 Å². The van der Waals surface area contributed by atoms with Crippen molar-refractivity contribution < 1.29 is 14.6 Å². The Morgan fingerprint density at radius 1 is 1.25 bits per heavy atom. The van der Waals surface area contributed by atoms with E-state index in [1.807, 2.05) is 0 Å². The topological polar surface area (TPSA) is 58.6 Å². The minimum absolute atomic E-state index is 0.341. The van der Waals surface area contributed by atoms with Crippen molar-refractivity contribution in [1.29, 1.82) is 0 Å². The van der Waals surface area contributed by atoms with E-state index < -0.39 is 6.10 Å². The zero-order valence-corrected chi connectivity index (χ0v) is 12.4. The first-order valence-corrected chi connectivity index (χ1v) is 7.30. The molecule has 0 aliphatic carbocycles. The lowest BCUT2D eigenvalue weighted by molar-refractivity contribution is -0.131. The number of esters is 1. The molecule has 0 radical (unpaired) electrons. The number of rotatable bonds is 9. The van der Waals surface area contributed by atoms with E-state index in [1.165, 1.54) is 26.2 Å². The van der Waals surface area contributed by atoms with Gasteiger partial charge in [-0.1, -0.05) is 38.3 Å². The molecule has 0 saturated heterocycles. The summed E-state index contributed by atoms with van der Waals surface area (Å²) in [5, 5.41) is 13.3. The molecule has 0 aliphatic heterocycles. The smallest absolute Gasteiger partial charge is 0.308 e. The molecule has 4 heteroatoms. The predicted octanol–water partition coefficient (Wildman–Crippen LogP) is 2.82. The molecule has 1 rings (SSSR count). The van der Waals surface area contributed by atoms with Crippen LogP contribution < -0.4 is 10.1 Å². The molecular weight excluding hydrogens is 254 g/mol. The number of aliphatic hydroxyl groups excluding tert-OH is 1. The fourth-order valence-electron chi connectivity index (χ4n) is 1.96. The van der Waals surface area contributed by atoms with E-state index >= 15 is 0 Å². The van der Waals surface area contributed by atoms with E-state index in [4.69, 9.17) is 4.74 Å². The lowest BCUT2D eigenvalue weighted by Crippen LogP contribution is -2.22. The van der Waals surface area contributed by atoms with Gasteiger partial charge in [-0.3, -0.25) is 4.79 Å². The third kappa shape index (κ3) is 6.68. The Labute approximate surface area is 121 Å². The molecule has 1 unspecified atom stereocenters. The van der Waals surface area contributed by atoms with Crippen LogP contribution in [-0.2, 0) is 4.79 Å². The highest BCUT2D eigenvalue weighted by atomic mass is 16.5. The highest BCUT2D eigenvalue weighted by Crippen LogP contribution is 2.17. The number of carbonyl (C=O) groups excluding carboxylic acids is 1. The number of aliphatic hydroxyl groups is 1. The molecule has 1 aromatic carbocycles. The number of unbranched alkanes of at least 4 members (excludes halogenated alkanes) is 3. The van der Waals surface area contributed by atoms with E-state index in [9.17, 15) is 9.90 Å².